The lowest BCUT2D eigenvalue weighted by Crippen LogP contribution is -2.38. The third-order valence-electron chi connectivity index (χ3n) is 8.57. The number of aromatic amines is 1. The smallest absolute Gasteiger partial charge is 0.375 e. The number of pyridine rings is 1. The molecule has 198 valence electrons. The Morgan fingerprint density at radius 3 is 2.71 bits per heavy atom. The minimum atomic E-state index is -4.63. The molecule has 0 unspecified atom stereocenters. The van der Waals surface area contributed by atoms with Gasteiger partial charge in [0.05, 0.1) is 23.7 Å². The first-order chi connectivity index (χ1) is 18.2. The van der Waals surface area contributed by atoms with E-state index in [0.717, 1.165) is 54.4 Å². The topological polar surface area (TPSA) is 81.0 Å². The van der Waals surface area contributed by atoms with Gasteiger partial charge in [0, 0.05) is 49.1 Å². The van der Waals surface area contributed by atoms with Crippen LogP contribution < -0.4 is 5.56 Å². The van der Waals surface area contributed by atoms with Crippen molar-refractivity contribution in [2.45, 2.75) is 56.0 Å². The summed E-state index contributed by atoms with van der Waals surface area (Å²) in [5.41, 5.74) is 0.141. The predicted octanol–water partition coefficient (Wildman–Crippen LogP) is 3.91. The molecule has 0 spiro atoms. The maximum atomic E-state index is 14.3. The minimum absolute atomic E-state index is 0.0347. The van der Waals surface area contributed by atoms with E-state index in [1.165, 1.54) is 6.07 Å². The van der Waals surface area contributed by atoms with E-state index in [-0.39, 0.29) is 28.5 Å². The highest BCUT2D eigenvalue weighted by atomic mass is 19.4. The standard InChI is InChI=1S/C27H27F3N6O2/c1-34-15-31-33-25(34)26(6-3-7-26)16-4-2-5-18(8-16)36-13-22(27(28,29)30)21-9-17(32-23(21)24(36)37)11-35-12-20-10-19(35)14-38-20/h2,4-5,8-9,13,15,19-20,32H,3,6-7,10-12,14H2,1H3/t19-,20-/m1/s1. The maximum Gasteiger partial charge on any atom is 0.418 e. The number of aryl methyl sites for hydroxylation is 1. The van der Waals surface area contributed by atoms with Gasteiger partial charge >= 0.3 is 6.18 Å². The molecule has 5 heterocycles. The fraction of sp³-hybridized carbons (Fsp3) is 0.444. The zero-order chi connectivity index (χ0) is 26.2. The van der Waals surface area contributed by atoms with Crippen LogP contribution in [0, 0.1) is 0 Å². The molecule has 1 aromatic carbocycles. The lowest BCUT2D eigenvalue weighted by Gasteiger charge is -2.41. The Labute approximate surface area is 216 Å². The number of fused-ring (bicyclic) bond motifs is 3. The van der Waals surface area contributed by atoms with Gasteiger partial charge in [0.2, 0.25) is 0 Å². The third kappa shape index (κ3) is 3.55. The van der Waals surface area contributed by atoms with Crippen LogP contribution in [0.3, 0.4) is 0 Å². The first-order valence-electron chi connectivity index (χ1n) is 12.9. The summed E-state index contributed by atoms with van der Waals surface area (Å²) >= 11 is 0. The molecule has 38 heavy (non-hydrogen) atoms. The summed E-state index contributed by atoms with van der Waals surface area (Å²) in [5, 5.41) is 8.27. The van der Waals surface area contributed by atoms with Crippen molar-refractivity contribution in [3.05, 3.63) is 75.9 Å². The molecule has 3 aliphatic rings. The number of H-pyrrole nitrogens is 1. The highest BCUT2D eigenvalue weighted by molar-refractivity contribution is 5.84. The quantitative estimate of drug-likeness (QED) is 0.428. The van der Waals surface area contributed by atoms with Gasteiger partial charge in [-0.15, -0.1) is 10.2 Å². The number of likely N-dealkylation sites (tertiary alicyclic amines) is 1. The molecule has 0 radical (unpaired) electrons. The molecule has 7 rings (SSSR count). The molecule has 1 N–H and O–H groups in total. The Bertz CT molecular complexity index is 1600. The normalized spacial score (nSPS) is 22.8. The number of nitrogens with one attached hydrogen (secondary N) is 1. The molecule has 8 nitrogen and oxygen atoms in total. The molecule has 2 aliphatic heterocycles. The van der Waals surface area contributed by atoms with Gasteiger partial charge in [-0.3, -0.25) is 14.3 Å². The second-order valence-electron chi connectivity index (χ2n) is 10.8. The number of alkyl halides is 3. The third-order valence-corrected chi connectivity index (χ3v) is 8.57. The number of morpholine rings is 1. The number of hydrogen-bond donors (Lipinski definition) is 1. The van der Waals surface area contributed by atoms with E-state index in [0.29, 0.717) is 24.5 Å². The summed E-state index contributed by atoms with van der Waals surface area (Å²) in [4.78, 5) is 18.9. The first kappa shape index (κ1) is 23.7. The summed E-state index contributed by atoms with van der Waals surface area (Å²) in [6.07, 6.45) is 1.80. The van der Waals surface area contributed by atoms with E-state index < -0.39 is 17.3 Å². The van der Waals surface area contributed by atoms with Crippen LogP contribution >= 0.6 is 0 Å². The zero-order valence-corrected chi connectivity index (χ0v) is 20.8. The van der Waals surface area contributed by atoms with Crippen molar-refractivity contribution in [3.8, 4) is 5.69 Å². The molecule has 11 heteroatoms. The van der Waals surface area contributed by atoms with E-state index >= 15 is 0 Å². The Morgan fingerprint density at radius 1 is 1.24 bits per heavy atom. The van der Waals surface area contributed by atoms with Crippen LogP contribution in [0.4, 0.5) is 13.2 Å². The number of aromatic nitrogens is 5. The number of benzene rings is 1. The van der Waals surface area contributed by atoms with Crippen LogP contribution in [0.25, 0.3) is 16.6 Å². The van der Waals surface area contributed by atoms with E-state index in [1.807, 2.05) is 23.7 Å². The summed E-state index contributed by atoms with van der Waals surface area (Å²) in [5.74, 6) is 0.815. The van der Waals surface area contributed by atoms with Crippen molar-refractivity contribution in [1.29, 1.82) is 0 Å². The molecular formula is C27H27F3N6O2. The largest absolute Gasteiger partial charge is 0.418 e. The first-order valence-corrected chi connectivity index (χ1v) is 12.9. The van der Waals surface area contributed by atoms with Gasteiger partial charge in [0.25, 0.3) is 5.56 Å². The number of ether oxygens (including phenoxy) is 1. The summed E-state index contributed by atoms with van der Waals surface area (Å²) < 4.78 is 51.4. The molecule has 2 saturated heterocycles. The molecule has 3 fully saturated rings. The summed E-state index contributed by atoms with van der Waals surface area (Å²) in [6.45, 7) is 1.83. The van der Waals surface area contributed by atoms with Gasteiger partial charge < -0.3 is 14.3 Å². The fourth-order valence-electron chi connectivity index (χ4n) is 6.51. The average Bonchev–Trinajstić information content (AvgIpc) is 3.64. The maximum absolute atomic E-state index is 14.3. The molecule has 0 amide bonds. The van der Waals surface area contributed by atoms with Gasteiger partial charge in [-0.1, -0.05) is 18.6 Å². The second-order valence-corrected chi connectivity index (χ2v) is 10.8. The number of rotatable bonds is 5. The molecule has 1 aliphatic carbocycles. The monoisotopic (exact) mass is 524 g/mol. The van der Waals surface area contributed by atoms with Crippen LogP contribution in [-0.2, 0) is 29.9 Å². The zero-order valence-electron chi connectivity index (χ0n) is 20.8. The van der Waals surface area contributed by atoms with Crippen molar-refractivity contribution < 1.29 is 17.9 Å². The van der Waals surface area contributed by atoms with E-state index in [9.17, 15) is 18.0 Å². The van der Waals surface area contributed by atoms with Gasteiger partial charge in [0.1, 0.15) is 17.7 Å². The lowest BCUT2D eigenvalue weighted by molar-refractivity contribution is -0.136. The van der Waals surface area contributed by atoms with Crippen LogP contribution in [0.15, 0.2) is 47.7 Å². The number of nitrogens with zero attached hydrogens (tertiary/aromatic N) is 5. The molecule has 1 saturated carbocycles. The minimum Gasteiger partial charge on any atom is -0.375 e. The Morgan fingerprint density at radius 2 is 2.08 bits per heavy atom. The lowest BCUT2D eigenvalue weighted by atomic mass is 9.63. The van der Waals surface area contributed by atoms with E-state index in [4.69, 9.17) is 4.74 Å². The van der Waals surface area contributed by atoms with Crippen LogP contribution in [0.5, 0.6) is 0 Å². The van der Waals surface area contributed by atoms with Gasteiger partial charge in [-0.05, 0) is 43.0 Å². The van der Waals surface area contributed by atoms with Crippen molar-refractivity contribution >= 4 is 10.9 Å². The average molecular weight is 525 g/mol. The van der Waals surface area contributed by atoms with Crippen molar-refractivity contribution in [3.63, 3.8) is 0 Å². The Kier molecular flexibility index (Phi) is 5.15. The molecule has 4 aromatic rings. The summed E-state index contributed by atoms with van der Waals surface area (Å²) in [7, 11) is 1.89. The van der Waals surface area contributed by atoms with Gasteiger partial charge in [0.15, 0.2) is 0 Å². The predicted molar refractivity (Wildman–Crippen MR) is 133 cm³/mol. The van der Waals surface area contributed by atoms with Gasteiger partial charge in [-0.25, -0.2) is 0 Å². The molecule has 3 aromatic heterocycles. The van der Waals surface area contributed by atoms with Crippen LogP contribution in [0.2, 0.25) is 0 Å². The van der Waals surface area contributed by atoms with E-state index in [2.05, 4.69) is 20.1 Å². The van der Waals surface area contributed by atoms with Crippen molar-refractivity contribution in [1.82, 2.24) is 29.2 Å². The Balaban J connectivity index is 1.33. The SMILES string of the molecule is Cn1cnnc1C1(c2cccc(-n3cc(C(F)(F)F)c4cc(CN5C[C@H]6C[C@@H]5CO6)[nH]c4c3=O)c2)CCC1. The highest BCUT2D eigenvalue weighted by Crippen LogP contribution is 2.48. The fourth-order valence-corrected chi connectivity index (χ4v) is 6.51. The van der Waals surface area contributed by atoms with Gasteiger partial charge in [-0.2, -0.15) is 13.2 Å². The van der Waals surface area contributed by atoms with E-state index in [1.54, 1.807) is 18.5 Å². The summed E-state index contributed by atoms with van der Waals surface area (Å²) in [6, 6.07) is 8.96. The molecule has 2 bridgehead atoms. The highest BCUT2D eigenvalue weighted by Gasteiger charge is 2.44. The Hall–Kier alpha value is -3.44. The number of halogens is 3. The molecule has 2 atom stereocenters. The van der Waals surface area contributed by atoms with Crippen molar-refractivity contribution in [2.24, 2.45) is 7.05 Å². The molecular weight excluding hydrogens is 497 g/mol. The van der Waals surface area contributed by atoms with Crippen molar-refractivity contribution in [2.75, 3.05) is 13.2 Å². The second kappa shape index (κ2) is 8.28. The van der Waals surface area contributed by atoms with Crippen LogP contribution in [-0.4, -0.2) is 54.5 Å². The number of hydrogen-bond acceptors (Lipinski definition) is 5. The van der Waals surface area contributed by atoms with Crippen LogP contribution in [0.1, 0.15) is 48.3 Å².